The van der Waals surface area contributed by atoms with Crippen LogP contribution in [0.3, 0.4) is 0 Å². The van der Waals surface area contributed by atoms with E-state index < -0.39 is 11.8 Å². The molecule has 0 aliphatic heterocycles. The van der Waals surface area contributed by atoms with Crippen LogP contribution in [0.15, 0.2) is 34.9 Å². The third-order valence-corrected chi connectivity index (χ3v) is 2.87. The van der Waals surface area contributed by atoms with Crippen LogP contribution in [0, 0.1) is 12.7 Å². The molecule has 2 rings (SSSR count). The Bertz CT molecular complexity index is 646. The molecule has 0 fully saturated rings. The quantitative estimate of drug-likeness (QED) is 0.932. The van der Waals surface area contributed by atoms with Gasteiger partial charge in [0.05, 0.1) is 5.56 Å². The van der Waals surface area contributed by atoms with Gasteiger partial charge < -0.3 is 9.84 Å². The van der Waals surface area contributed by atoms with Gasteiger partial charge in [0.15, 0.2) is 11.6 Å². The molecule has 0 bridgehead atoms. The Morgan fingerprint density at radius 3 is 2.79 bits per heavy atom. The van der Waals surface area contributed by atoms with Crippen molar-refractivity contribution in [3.63, 3.8) is 0 Å². The monoisotopic (exact) mass is 325 g/mol. The van der Waals surface area contributed by atoms with Crippen LogP contribution in [-0.2, 0) is 0 Å². The smallest absolute Gasteiger partial charge is 0.337 e. The molecule has 2 aromatic rings. The van der Waals surface area contributed by atoms with E-state index in [-0.39, 0.29) is 17.2 Å². The maximum Gasteiger partial charge on any atom is 0.337 e. The highest BCUT2D eigenvalue weighted by Crippen LogP contribution is 2.28. The van der Waals surface area contributed by atoms with E-state index in [0.29, 0.717) is 10.0 Å². The normalized spacial score (nSPS) is 10.3. The van der Waals surface area contributed by atoms with E-state index in [0.717, 1.165) is 0 Å². The molecule has 0 aliphatic carbocycles. The molecule has 0 unspecified atom stereocenters. The maximum atomic E-state index is 13.5. The second kappa shape index (κ2) is 5.36. The van der Waals surface area contributed by atoms with E-state index in [2.05, 4.69) is 20.9 Å². The first kappa shape index (κ1) is 13.5. The number of aromatic carboxylic acids is 1. The number of aromatic nitrogens is 1. The molecule has 0 aliphatic rings. The first-order chi connectivity index (χ1) is 8.97. The summed E-state index contributed by atoms with van der Waals surface area (Å²) in [5.41, 5.74) is 0.568. The van der Waals surface area contributed by atoms with Gasteiger partial charge in [0, 0.05) is 16.2 Å². The molecule has 1 N–H and O–H groups in total. The van der Waals surface area contributed by atoms with Gasteiger partial charge in [0.2, 0.25) is 5.88 Å². The van der Waals surface area contributed by atoms with E-state index >= 15 is 0 Å². The number of rotatable bonds is 3. The lowest BCUT2D eigenvalue weighted by Crippen LogP contribution is -2.00. The molecule has 0 amide bonds. The number of carboxylic acids is 1. The van der Waals surface area contributed by atoms with Crippen molar-refractivity contribution in [1.82, 2.24) is 4.98 Å². The molecule has 0 saturated carbocycles. The van der Waals surface area contributed by atoms with Crippen LogP contribution < -0.4 is 4.74 Å². The fourth-order valence-electron chi connectivity index (χ4n) is 1.45. The number of halogens is 2. The van der Waals surface area contributed by atoms with Crippen LogP contribution in [0.25, 0.3) is 0 Å². The topological polar surface area (TPSA) is 59.4 Å². The molecule has 0 atom stereocenters. The zero-order chi connectivity index (χ0) is 14.0. The Labute approximate surface area is 117 Å². The molecule has 98 valence electrons. The Hall–Kier alpha value is -1.95. The van der Waals surface area contributed by atoms with E-state index in [9.17, 15) is 9.18 Å². The van der Waals surface area contributed by atoms with Crippen molar-refractivity contribution in [1.29, 1.82) is 0 Å². The second-order valence-corrected chi connectivity index (χ2v) is 4.74. The van der Waals surface area contributed by atoms with E-state index in [1.54, 1.807) is 13.0 Å². The van der Waals surface area contributed by atoms with Crippen molar-refractivity contribution in [3.05, 3.63) is 51.9 Å². The predicted octanol–water partition coefficient (Wildman–Crippen LogP) is 3.78. The lowest BCUT2D eigenvalue weighted by Gasteiger charge is -2.09. The average molecular weight is 326 g/mol. The van der Waals surface area contributed by atoms with E-state index in [1.807, 2.05) is 0 Å². The highest BCUT2D eigenvalue weighted by molar-refractivity contribution is 9.10. The molecule has 19 heavy (non-hydrogen) atoms. The van der Waals surface area contributed by atoms with Gasteiger partial charge in [-0.3, -0.25) is 0 Å². The molecular formula is C13H9BrFNO3. The van der Waals surface area contributed by atoms with Gasteiger partial charge in [0.25, 0.3) is 0 Å². The van der Waals surface area contributed by atoms with Crippen LogP contribution >= 0.6 is 15.9 Å². The van der Waals surface area contributed by atoms with Crippen molar-refractivity contribution in [2.45, 2.75) is 6.92 Å². The SMILES string of the molecule is Cc1cc(C(=O)O)cnc1Oc1cc(Br)ccc1F. The summed E-state index contributed by atoms with van der Waals surface area (Å²) in [6, 6.07) is 5.71. The standard InChI is InChI=1S/C13H9BrFNO3/c1-7-4-8(13(17)18)6-16-12(7)19-11-5-9(14)2-3-10(11)15/h2-6H,1H3,(H,17,18). The number of hydrogen-bond acceptors (Lipinski definition) is 3. The lowest BCUT2D eigenvalue weighted by atomic mass is 10.2. The molecule has 0 spiro atoms. The van der Waals surface area contributed by atoms with Crippen LogP contribution in [0.5, 0.6) is 11.6 Å². The van der Waals surface area contributed by atoms with Gasteiger partial charge in [-0.05, 0) is 31.2 Å². The van der Waals surface area contributed by atoms with Gasteiger partial charge in [0.1, 0.15) is 0 Å². The Balaban J connectivity index is 2.33. The van der Waals surface area contributed by atoms with E-state index in [4.69, 9.17) is 9.84 Å². The molecule has 0 radical (unpaired) electrons. The number of carboxylic acid groups (broad SMARTS) is 1. The molecular weight excluding hydrogens is 317 g/mol. The summed E-state index contributed by atoms with van der Waals surface area (Å²) in [4.78, 5) is 14.7. The summed E-state index contributed by atoms with van der Waals surface area (Å²) in [7, 11) is 0. The number of pyridine rings is 1. The van der Waals surface area contributed by atoms with Gasteiger partial charge in [-0.1, -0.05) is 15.9 Å². The van der Waals surface area contributed by atoms with Crippen molar-refractivity contribution in [2.75, 3.05) is 0 Å². The van der Waals surface area contributed by atoms with Crippen LogP contribution in [0.4, 0.5) is 4.39 Å². The minimum atomic E-state index is -1.07. The Morgan fingerprint density at radius 1 is 1.42 bits per heavy atom. The largest absolute Gasteiger partial charge is 0.478 e. The lowest BCUT2D eigenvalue weighted by molar-refractivity contribution is 0.0696. The average Bonchev–Trinajstić information content (AvgIpc) is 2.36. The maximum absolute atomic E-state index is 13.5. The number of nitrogens with zero attached hydrogens (tertiary/aromatic N) is 1. The number of hydrogen-bond donors (Lipinski definition) is 1. The summed E-state index contributed by atoms with van der Waals surface area (Å²) in [6.07, 6.45) is 1.17. The first-order valence-electron chi connectivity index (χ1n) is 5.30. The molecule has 1 heterocycles. The summed E-state index contributed by atoms with van der Waals surface area (Å²) in [5, 5.41) is 8.82. The van der Waals surface area contributed by atoms with Crippen molar-refractivity contribution < 1.29 is 19.0 Å². The van der Waals surface area contributed by atoms with Gasteiger partial charge in [-0.2, -0.15) is 0 Å². The number of carbonyl (C=O) groups is 1. The minimum Gasteiger partial charge on any atom is -0.478 e. The third kappa shape index (κ3) is 3.08. The van der Waals surface area contributed by atoms with Crippen molar-refractivity contribution in [2.24, 2.45) is 0 Å². The first-order valence-corrected chi connectivity index (χ1v) is 6.09. The third-order valence-electron chi connectivity index (χ3n) is 2.38. The molecule has 6 heteroatoms. The number of aryl methyl sites for hydroxylation is 1. The number of ether oxygens (including phenoxy) is 1. The van der Waals surface area contributed by atoms with Crippen LogP contribution in [-0.4, -0.2) is 16.1 Å². The predicted molar refractivity (Wildman–Crippen MR) is 70.1 cm³/mol. The van der Waals surface area contributed by atoms with Crippen LogP contribution in [0.2, 0.25) is 0 Å². The van der Waals surface area contributed by atoms with Gasteiger partial charge in [-0.25, -0.2) is 14.2 Å². The minimum absolute atomic E-state index is 0.0213. The van der Waals surface area contributed by atoms with Crippen molar-refractivity contribution in [3.8, 4) is 11.6 Å². The molecule has 1 aromatic carbocycles. The van der Waals surface area contributed by atoms with E-state index in [1.165, 1.54) is 24.4 Å². The molecule has 1 aromatic heterocycles. The zero-order valence-electron chi connectivity index (χ0n) is 9.85. The van der Waals surface area contributed by atoms with Gasteiger partial charge in [-0.15, -0.1) is 0 Å². The Morgan fingerprint density at radius 2 is 2.16 bits per heavy atom. The number of benzene rings is 1. The van der Waals surface area contributed by atoms with Gasteiger partial charge >= 0.3 is 5.97 Å². The van der Waals surface area contributed by atoms with Crippen LogP contribution in [0.1, 0.15) is 15.9 Å². The summed E-state index contributed by atoms with van der Waals surface area (Å²) in [6.45, 7) is 1.64. The van der Waals surface area contributed by atoms with Crippen molar-refractivity contribution >= 4 is 21.9 Å². The molecule has 0 saturated heterocycles. The second-order valence-electron chi connectivity index (χ2n) is 3.83. The highest BCUT2D eigenvalue weighted by atomic mass is 79.9. The Kier molecular flexibility index (Phi) is 3.80. The molecule has 4 nitrogen and oxygen atoms in total. The zero-order valence-corrected chi connectivity index (χ0v) is 11.4. The fourth-order valence-corrected chi connectivity index (χ4v) is 1.79. The highest BCUT2D eigenvalue weighted by Gasteiger charge is 2.11. The summed E-state index contributed by atoms with van der Waals surface area (Å²) >= 11 is 3.21. The fraction of sp³-hybridized carbons (Fsp3) is 0.0769. The summed E-state index contributed by atoms with van der Waals surface area (Å²) in [5.74, 6) is -1.41. The summed E-state index contributed by atoms with van der Waals surface area (Å²) < 4.78 is 19.5.